The number of benzene rings is 2. The van der Waals surface area contributed by atoms with Gasteiger partial charge in [-0.2, -0.15) is 0 Å². The molecule has 0 aliphatic rings. The van der Waals surface area contributed by atoms with Crippen LogP contribution in [0.5, 0.6) is 11.5 Å². The predicted molar refractivity (Wildman–Crippen MR) is 94.8 cm³/mol. The molecule has 0 amide bonds. The van der Waals surface area contributed by atoms with Gasteiger partial charge in [-0.1, -0.05) is 13.8 Å². The first-order chi connectivity index (χ1) is 11.5. The van der Waals surface area contributed by atoms with Gasteiger partial charge >= 0.3 is 0 Å². The van der Waals surface area contributed by atoms with Crippen molar-refractivity contribution in [3.05, 3.63) is 60.4 Å². The van der Waals surface area contributed by atoms with Crippen molar-refractivity contribution in [2.75, 3.05) is 0 Å². The van der Waals surface area contributed by atoms with Crippen molar-refractivity contribution in [2.24, 2.45) is 5.92 Å². The van der Waals surface area contributed by atoms with E-state index in [2.05, 4.69) is 18.8 Å². The Kier molecular flexibility index (Phi) is 4.47. The van der Waals surface area contributed by atoms with E-state index >= 15 is 0 Å². The zero-order chi connectivity index (χ0) is 17.1. The van der Waals surface area contributed by atoms with Crippen LogP contribution in [0.15, 0.2) is 54.7 Å². The molecule has 3 rings (SSSR count). The fourth-order valence-corrected chi connectivity index (χ4v) is 2.59. The fraction of sp³-hybridized carbons (Fsp3) is 0.200. The van der Waals surface area contributed by atoms with Gasteiger partial charge < -0.3 is 10.2 Å². The molecule has 0 bridgehead atoms. The lowest BCUT2D eigenvalue weighted by atomic mass is 10.0. The number of hydrogen-bond donors (Lipinski definition) is 2. The lowest BCUT2D eigenvalue weighted by molar-refractivity contribution is 0.475. The number of phenols is 2. The van der Waals surface area contributed by atoms with E-state index in [0.717, 1.165) is 34.6 Å². The van der Waals surface area contributed by atoms with Gasteiger partial charge in [-0.3, -0.25) is 4.98 Å². The average Bonchev–Trinajstić information content (AvgIpc) is 2.56. The summed E-state index contributed by atoms with van der Waals surface area (Å²) in [6, 6.07) is 14.0. The maximum Gasteiger partial charge on any atom is 0.115 e. The zero-order valence-electron chi connectivity index (χ0n) is 13.8. The van der Waals surface area contributed by atoms with Gasteiger partial charge in [0.05, 0.1) is 23.3 Å². The van der Waals surface area contributed by atoms with Crippen molar-refractivity contribution >= 4 is 0 Å². The summed E-state index contributed by atoms with van der Waals surface area (Å²) in [7, 11) is 0. The van der Waals surface area contributed by atoms with E-state index in [-0.39, 0.29) is 11.5 Å². The van der Waals surface area contributed by atoms with E-state index in [9.17, 15) is 10.2 Å². The number of aromatic hydroxyl groups is 2. The maximum absolute atomic E-state index is 9.48. The molecule has 122 valence electrons. The van der Waals surface area contributed by atoms with Crippen molar-refractivity contribution in [3.8, 4) is 34.0 Å². The Bertz CT molecular complexity index is 825. The van der Waals surface area contributed by atoms with Crippen LogP contribution < -0.4 is 0 Å². The highest BCUT2D eigenvalue weighted by molar-refractivity contribution is 5.66. The maximum atomic E-state index is 9.48. The first-order valence-electron chi connectivity index (χ1n) is 7.97. The Hall–Kier alpha value is -2.88. The van der Waals surface area contributed by atoms with Crippen molar-refractivity contribution in [1.82, 2.24) is 9.97 Å². The van der Waals surface area contributed by atoms with Crippen LogP contribution in [0.3, 0.4) is 0 Å². The predicted octanol–water partition coefficient (Wildman–Crippen LogP) is 4.42. The van der Waals surface area contributed by atoms with Crippen molar-refractivity contribution in [1.29, 1.82) is 0 Å². The standard InChI is InChI=1S/C20H20N2O2/c1-13(2)11-18-20(15-5-9-17(24)10-6-15)21-12-19(22-18)14-3-7-16(23)8-4-14/h3-10,12-13,23-24H,11H2,1-2H3. The SMILES string of the molecule is CC(C)Cc1nc(-c2ccc(O)cc2)cnc1-c1ccc(O)cc1. The highest BCUT2D eigenvalue weighted by Crippen LogP contribution is 2.27. The monoisotopic (exact) mass is 320 g/mol. The molecule has 3 aromatic rings. The van der Waals surface area contributed by atoms with Crippen LogP contribution in [0, 0.1) is 5.92 Å². The van der Waals surface area contributed by atoms with Crippen LogP contribution in [0.4, 0.5) is 0 Å². The smallest absolute Gasteiger partial charge is 0.115 e. The van der Waals surface area contributed by atoms with E-state index in [1.54, 1.807) is 30.5 Å². The minimum absolute atomic E-state index is 0.231. The molecule has 4 nitrogen and oxygen atoms in total. The van der Waals surface area contributed by atoms with Gasteiger partial charge in [-0.15, -0.1) is 0 Å². The highest BCUT2D eigenvalue weighted by atomic mass is 16.3. The summed E-state index contributed by atoms with van der Waals surface area (Å²) in [5.41, 5.74) is 4.41. The van der Waals surface area contributed by atoms with Crippen molar-refractivity contribution in [3.63, 3.8) is 0 Å². The van der Waals surface area contributed by atoms with Gasteiger partial charge in [-0.25, -0.2) is 4.98 Å². The summed E-state index contributed by atoms with van der Waals surface area (Å²) >= 11 is 0. The van der Waals surface area contributed by atoms with Gasteiger partial charge in [0.1, 0.15) is 11.5 Å². The van der Waals surface area contributed by atoms with Gasteiger partial charge in [0, 0.05) is 11.1 Å². The Morgan fingerprint density at radius 3 is 1.92 bits per heavy atom. The molecule has 1 heterocycles. The fourth-order valence-electron chi connectivity index (χ4n) is 2.59. The van der Waals surface area contributed by atoms with Gasteiger partial charge in [0.15, 0.2) is 0 Å². The van der Waals surface area contributed by atoms with E-state index in [0.29, 0.717) is 5.92 Å². The summed E-state index contributed by atoms with van der Waals surface area (Å²) in [6.45, 7) is 4.30. The number of aromatic nitrogens is 2. The minimum atomic E-state index is 0.231. The first kappa shape index (κ1) is 16.0. The molecule has 0 radical (unpaired) electrons. The average molecular weight is 320 g/mol. The molecule has 0 aliphatic carbocycles. The van der Waals surface area contributed by atoms with E-state index < -0.39 is 0 Å². The van der Waals surface area contributed by atoms with E-state index in [1.807, 2.05) is 24.3 Å². The number of phenolic OH excluding ortho intramolecular Hbond substituents is 2. The summed E-state index contributed by atoms with van der Waals surface area (Å²) in [6.07, 6.45) is 2.56. The molecule has 2 N–H and O–H groups in total. The third-order valence-corrected chi connectivity index (χ3v) is 3.75. The lowest BCUT2D eigenvalue weighted by Gasteiger charge is -2.12. The molecule has 0 aliphatic heterocycles. The number of hydrogen-bond acceptors (Lipinski definition) is 4. The Balaban J connectivity index is 2.06. The zero-order valence-corrected chi connectivity index (χ0v) is 13.8. The Morgan fingerprint density at radius 1 is 0.833 bits per heavy atom. The first-order valence-corrected chi connectivity index (χ1v) is 7.97. The van der Waals surface area contributed by atoms with Crippen molar-refractivity contribution in [2.45, 2.75) is 20.3 Å². The second-order valence-electron chi connectivity index (χ2n) is 6.24. The molecule has 1 aromatic heterocycles. The van der Waals surface area contributed by atoms with Crippen LogP contribution in [-0.4, -0.2) is 20.2 Å². The molecule has 24 heavy (non-hydrogen) atoms. The normalized spacial score (nSPS) is 11.0. The van der Waals surface area contributed by atoms with Crippen LogP contribution in [0.1, 0.15) is 19.5 Å². The molecule has 0 spiro atoms. The van der Waals surface area contributed by atoms with Crippen LogP contribution in [-0.2, 0) is 6.42 Å². The van der Waals surface area contributed by atoms with Gasteiger partial charge in [0.25, 0.3) is 0 Å². The summed E-state index contributed by atoms with van der Waals surface area (Å²) < 4.78 is 0. The van der Waals surface area contributed by atoms with Crippen LogP contribution in [0.2, 0.25) is 0 Å². The molecular weight excluding hydrogens is 300 g/mol. The number of nitrogens with zero attached hydrogens (tertiary/aromatic N) is 2. The van der Waals surface area contributed by atoms with E-state index in [1.165, 1.54) is 0 Å². The molecule has 0 fully saturated rings. The molecule has 0 atom stereocenters. The third-order valence-electron chi connectivity index (χ3n) is 3.75. The minimum Gasteiger partial charge on any atom is -0.508 e. The molecule has 0 unspecified atom stereocenters. The second-order valence-corrected chi connectivity index (χ2v) is 6.24. The topological polar surface area (TPSA) is 66.2 Å². The van der Waals surface area contributed by atoms with Crippen molar-refractivity contribution < 1.29 is 10.2 Å². The molecule has 2 aromatic carbocycles. The quantitative estimate of drug-likeness (QED) is 0.747. The second kappa shape index (κ2) is 6.71. The highest BCUT2D eigenvalue weighted by Gasteiger charge is 2.13. The largest absolute Gasteiger partial charge is 0.508 e. The molecule has 4 heteroatoms. The third kappa shape index (κ3) is 3.54. The Labute approximate surface area is 141 Å². The Morgan fingerprint density at radius 2 is 1.38 bits per heavy atom. The van der Waals surface area contributed by atoms with Crippen LogP contribution in [0.25, 0.3) is 22.5 Å². The molecule has 0 saturated heterocycles. The summed E-state index contributed by atoms with van der Waals surface area (Å²) in [4.78, 5) is 9.43. The van der Waals surface area contributed by atoms with Gasteiger partial charge in [-0.05, 0) is 60.9 Å². The molecule has 0 saturated carbocycles. The molecular formula is C20H20N2O2. The van der Waals surface area contributed by atoms with Gasteiger partial charge in [0.2, 0.25) is 0 Å². The van der Waals surface area contributed by atoms with Crippen LogP contribution >= 0.6 is 0 Å². The lowest BCUT2D eigenvalue weighted by Crippen LogP contribution is -2.03. The van der Waals surface area contributed by atoms with E-state index in [4.69, 9.17) is 4.98 Å². The number of rotatable bonds is 4. The summed E-state index contributed by atoms with van der Waals surface area (Å²) in [5.74, 6) is 0.915. The summed E-state index contributed by atoms with van der Waals surface area (Å²) in [5, 5.41) is 18.9.